The lowest BCUT2D eigenvalue weighted by atomic mass is 9.89. The Hall–Kier alpha value is -0.120. The molecule has 1 aliphatic heterocycles. The van der Waals surface area contributed by atoms with Crippen LogP contribution in [-0.4, -0.2) is 38.5 Å². The Kier molecular flexibility index (Phi) is 6.61. The Balaban J connectivity index is 2.30. The van der Waals surface area contributed by atoms with E-state index in [0.717, 1.165) is 19.7 Å². The third kappa shape index (κ3) is 5.68. The second-order valence-electron chi connectivity index (χ2n) is 6.47. The Morgan fingerprint density at radius 3 is 2.61 bits per heavy atom. The third-order valence-corrected chi connectivity index (χ3v) is 3.95. The van der Waals surface area contributed by atoms with Gasteiger partial charge in [-0.25, -0.2) is 0 Å². The highest BCUT2D eigenvalue weighted by Crippen LogP contribution is 2.33. The fourth-order valence-corrected chi connectivity index (χ4v) is 2.63. The van der Waals surface area contributed by atoms with Crippen molar-refractivity contribution in [2.75, 3.05) is 26.8 Å². The van der Waals surface area contributed by atoms with E-state index in [2.05, 4.69) is 33.0 Å². The molecule has 0 saturated carbocycles. The van der Waals surface area contributed by atoms with E-state index in [0.29, 0.717) is 17.9 Å². The molecule has 0 aromatic rings. The van der Waals surface area contributed by atoms with Gasteiger partial charge in [-0.15, -0.1) is 0 Å². The fourth-order valence-electron chi connectivity index (χ4n) is 2.63. The number of ether oxygens (including phenoxy) is 2. The van der Waals surface area contributed by atoms with Gasteiger partial charge in [0.25, 0.3) is 0 Å². The van der Waals surface area contributed by atoms with Crippen LogP contribution in [0, 0.1) is 11.8 Å². The zero-order valence-electron chi connectivity index (χ0n) is 12.8. The molecule has 0 bridgehead atoms. The van der Waals surface area contributed by atoms with Crippen molar-refractivity contribution in [2.24, 2.45) is 11.8 Å². The van der Waals surface area contributed by atoms with E-state index in [1.54, 1.807) is 7.11 Å². The van der Waals surface area contributed by atoms with Crippen molar-refractivity contribution in [1.29, 1.82) is 0 Å². The molecule has 1 aliphatic rings. The van der Waals surface area contributed by atoms with E-state index in [-0.39, 0.29) is 5.60 Å². The molecular formula is C15H31NO2. The number of methoxy groups -OCH3 is 1. The fraction of sp³-hybridized carbons (Fsp3) is 1.00. The van der Waals surface area contributed by atoms with Crippen LogP contribution in [-0.2, 0) is 9.47 Å². The van der Waals surface area contributed by atoms with Gasteiger partial charge < -0.3 is 14.8 Å². The molecule has 1 fully saturated rings. The Bertz CT molecular complexity index is 229. The highest BCUT2D eigenvalue weighted by Gasteiger charge is 2.33. The predicted octanol–water partition coefficient (Wildman–Crippen LogP) is 2.84. The second kappa shape index (κ2) is 7.46. The molecule has 0 spiro atoms. The standard InChI is InChI=1S/C15H31NO2/c1-12(2)13(11-16-8-9-17-5)10-14-6-7-15(3,4)18-14/h12-14,16H,6-11H2,1-5H3. The van der Waals surface area contributed by atoms with Crippen LogP contribution in [0.2, 0.25) is 0 Å². The summed E-state index contributed by atoms with van der Waals surface area (Å²) in [6.45, 7) is 11.8. The van der Waals surface area contributed by atoms with Crippen molar-refractivity contribution in [3.63, 3.8) is 0 Å². The minimum Gasteiger partial charge on any atom is -0.383 e. The topological polar surface area (TPSA) is 30.5 Å². The molecule has 1 N–H and O–H groups in total. The molecule has 3 heteroatoms. The molecule has 3 nitrogen and oxygen atoms in total. The van der Waals surface area contributed by atoms with Gasteiger partial charge in [0.05, 0.1) is 18.3 Å². The minimum absolute atomic E-state index is 0.0929. The molecule has 0 aromatic carbocycles. The van der Waals surface area contributed by atoms with Crippen molar-refractivity contribution >= 4 is 0 Å². The maximum Gasteiger partial charge on any atom is 0.0631 e. The maximum atomic E-state index is 6.10. The van der Waals surface area contributed by atoms with Crippen LogP contribution in [0.5, 0.6) is 0 Å². The monoisotopic (exact) mass is 257 g/mol. The normalized spacial score (nSPS) is 24.7. The molecule has 1 heterocycles. The summed E-state index contributed by atoms with van der Waals surface area (Å²) in [6.07, 6.45) is 4.05. The highest BCUT2D eigenvalue weighted by molar-refractivity contribution is 4.83. The van der Waals surface area contributed by atoms with E-state index in [1.807, 2.05) is 0 Å². The molecule has 0 aromatic heterocycles. The molecular weight excluding hydrogens is 226 g/mol. The quantitative estimate of drug-likeness (QED) is 0.678. The van der Waals surface area contributed by atoms with Crippen LogP contribution < -0.4 is 5.32 Å². The number of hydrogen-bond donors (Lipinski definition) is 1. The van der Waals surface area contributed by atoms with Gasteiger partial charge >= 0.3 is 0 Å². The van der Waals surface area contributed by atoms with E-state index in [9.17, 15) is 0 Å². The molecule has 0 radical (unpaired) electrons. The maximum absolute atomic E-state index is 6.10. The Morgan fingerprint density at radius 1 is 1.39 bits per heavy atom. The number of nitrogens with one attached hydrogen (secondary N) is 1. The molecule has 18 heavy (non-hydrogen) atoms. The molecule has 2 atom stereocenters. The zero-order valence-corrected chi connectivity index (χ0v) is 12.8. The van der Waals surface area contributed by atoms with Crippen LogP contribution in [0.15, 0.2) is 0 Å². The van der Waals surface area contributed by atoms with Crippen LogP contribution in [0.4, 0.5) is 0 Å². The number of hydrogen-bond acceptors (Lipinski definition) is 3. The first-order valence-corrected chi connectivity index (χ1v) is 7.32. The summed E-state index contributed by atoms with van der Waals surface area (Å²) in [6, 6.07) is 0. The van der Waals surface area contributed by atoms with Gasteiger partial charge in [-0.3, -0.25) is 0 Å². The first-order valence-electron chi connectivity index (χ1n) is 7.32. The SMILES string of the molecule is COCCNCC(CC1CCC(C)(C)O1)C(C)C. The third-order valence-electron chi connectivity index (χ3n) is 3.95. The van der Waals surface area contributed by atoms with Crippen LogP contribution in [0.1, 0.15) is 47.0 Å². The molecule has 0 amide bonds. The van der Waals surface area contributed by atoms with Crippen molar-refractivity contribution in [2.45, 2.75) is 58.7 Å². The van der Waals surface area contributed by atoms with Gasteiger partial charge in [0.15, 0.2) is 0 Å². The van der Waals surface area contributed by atoms with Crippen molar-refractivity contribution in [3.05, 3.63) is 0 Å². The lowest BCUT2D eigenvalue weighted by Gasteiger charge is -2.26. The highest BCUT2D eigenvalue weighted by atomic mass is 16.5. The average molecular weight is 257 g/mol. The minimum atomic E-state index is 0.0929. The summed E-state index contributed by atoms with van der Waals surface area (Å²) in [4.78, 5) is 0. The van der Waals surface area contributed by atoms with Crippen molar-refractivity contribution in [1.82, 2.24) is 5.32 Å². The average Bonchev–Trinajstić information content (AvgIpc) is 2.62. The Morgan fingerprint density at radius 2 is 2.11 bits per heavy atom. The van der Waals surface area contributed by atoms with Crippen LogP contribution >= 0.6 is 0 Å². The molecule has 0 aliphatic carbocycles. The predicted molar refractivity (Wildman–Crippen MR) is 75.9 cm³/mol. The molecule has 1 saturated heterocycles. The van der Waals surface area contributed by atoms with Gasteiger partial charge in [0.1, 0.15) is 0 Å². The van der Waals surface area contributed by atoms with Crippen LogP contribution in [0.25, 0.3) is 0 Å². The smallest absolute Gasteiger partial charge is 0.0631 e. The zero-order chi connectivity index (χ0) is 13.6. The number of rotatable bonds is 8. The molecule has 1 rings (SSSR count). The van der Waals surface area contributed by atoms with Gasteiger partial charge in [0, 0.05) is 13.7 Å². The van der Waals surface area contributed by atoms with Crippen molar-refractivity contribution in [3.8, 4) is 0 Å². The lowest BCUT2D eigenvalue weighted by Crippen LogP contribution is -2.31. The van der Waals surface area contributed by atoms with E-state index in [1.165, 1.54) is 19.3 Å². The summed E-state index contributed by atoms with van der Waals surface area (Å²) in [5.74, 6) is 1.40. The first kappa shape index (κ1) is 15.9. The Labute approximate surface area is 113 Å². The van der Waals surface area contributed by atoms with Crippen molar-refractivity contribution < 1.29 is 9.47 Å². The first-order chi connectivity index (χ1) is 8.44. The van der Waals surface area contributed by atoms with Crippen LogP contribution in [0.3, 0.4) is 0 Å². The van der Waals surface area contributed by atoms with E-state index >= 15 is 0 Å². The second-order valence-corrected chi connectivity index (χ2v) is 6.47. The summed E-state index contributed by atoms with van der Waals surface area (Å²) >= 11 is 0. The van der Waals surface area contributed by atoms with E-state index < -0.39 is 0 Å². The summed E-state index contributed by atoms with van der Waals surface area (Å²) in [7, 11) is 1.75. The van der Waals surface area contributed by atoms with Gasteiger partial charge in [-0.1, -0.05) is 13.8 Å². The van der Waals surface area contributed by atoms with Gasteiger partial charge in [-0.05, 0) is 51.5 Å². The van der Waals surface area contributed by atoms with Gasteiger partial charge in [-0.2, -0.15) is 0 Å². The molecule has 2 unspecified atom stereocenters. The van der Waals surface area contributed by atoms with Gasteiger partial charge in [0.2, 0.25) is 0 Å². The summed E-state index contributed by atoms with van der Waals surface area (Å²) in [5, 5.41) is 3.48. The van der Waals surface area contributed by atoms with E-state index in [4.69, 9.17) is 9.47 Å². The summed E-state index contributed by atoms with van der Waals surface area (Å²) in [5.41, 5.74) is 0.0929. The summed E-state index contributed by atoms with van der Waals surface area (Å²) < 4.78 is 11.2. The lowest BCUT2D eigenvalue weighted by molar-refractivity contribution is -0.0271. The largest absolute Gasteiger partial charge is 0.383 e. The molecule has 108 valence electrons.